The lowest BCUT2D eigenvalue weighted by atomic mass is 10.1. The van der Waals surface area contributed by atoms with E-state index in [4.69, 9.17) is 44.3 Å². The molecule has 24 heavy (non-hydrogen) atoms. The third kappa shape index (κ3) is 5.20. The van der Waals surface area contributed by atoms with Gasteiger partial charge in [0, 0.05) is 5.56 Å². The van der Waals surface area contributed by atoms with Crippen LogP contribution in [0.2, 0.25) is 0 Å². The van der Waals surface area contributed by atoms with Crippen LogP contribution in [0, 0.1) is 6.92 Å². The first kappa shape index (κ1) is 18.7. The van der Waals surface area contributed by atoms with Gasteiger partial charge in [-0.15, -0.1) is 0 Å². The van der Waals surface area contributed by atoms with E-state index in [2.05, 4.69) is 5.32 Å². The third-order valence-corrected chi connectivity index (χ3v) is 3.75. The van der Waals surface area contributed by atoms with E-state index >= 15 is 0 Å². The molecule has 0 unspecified atom stereocenters. The van der Waals surface area contributed by atoms with Gasteiger partial charge in [0.2, 0.25) is 10.0 Å². The number of amides is 1. The molecule has 2 aromatic rings. The zero-order valence-corrected chi connectivity index (χ0v) is 15.3. The van der Waals surface area contributed by atoms with Gasteiger partial charge in [0.15, 0.2) is 0 Å². The molecule has 4 nitrogen and oxygen atoms in total. The molecule has 0 aromatic heterocycles. The Morgan fingerprint density at radius 3 is 2.25 bits per heavy atom. The summed E-state index contributed by atoms with van der Waals surface area (Å²) < 4.78 is 8.84. The molecule has 0 aliphatic rings. The van der Waals surface area contributed by atoms with Crippen molar-refractivity contribution in [2.75, 3.05) is 7.11 Å². The van der Waals surface area contributed by atoms with E-state index in [1.54, 1.807) is 49.6 Å². The predicted molar refractivity (Wildman–Crippen MR) is 96.3 cm³/mol. The quantitative estimate of drug-likeness (QED) is 0.605. The highest BCUT2D eigenvalue weighted by molar-refractivity contribution is 6.68. The second kappa shape index (κ2) is 7.97. The highest BCUT2D eigenvalue weighted by Crippen LogP contribution is 2.32. The Labute approximate surface area is 155 Å². The molecular formula is C17H16Cl3NO3. The SMILES string of the molecule is COc1ccc(O[C@H](NC(=O)c2cccc(C)c2)C(Cl)(Cl)Cl)cc1. The molecule has 1 N–H and O–H groups in total. The fourth-order valence-corrected chi connectivity index (χ4v) is 2.25. The minimum atomic E-state index is -1.85. The lowest BCUT2D eigenvalue weighted by Gasteiger charge is -2.26. The lowest BCUT2D eigenvalue weighted by Crippen LogP contribution is -2.47. The molecule has 2 rings (SSSR count). The summed E-state index contributed by atoms with van der Waals surface area (Å²) in [5.41, 5.74) is 1.40. The summed E-state index contributed by atoms with van der Waals surface area (Å²) in [5, 5.41) is 2.59. The molecule has 0 aliphatic heterocycles. The molecule has 0 fully saturated rings. The molecular weight excluding hydrogens is 373 g/mol. The minimum Gasteiger partial charge on any atom is -0.497 e. The zero-order chi connectivity index (χ0) is 17.7. The Morgan fingerprint density at radius 2 is 1.71 bits per heavy atom. The Morgan fingerprint density at radius 1 is 1.08 bits per heavy atom. The molecule has 0 spiro atoms. The van der Waals surface area contributed by atoms with E-state index in [1.807, 2.05) is 13.0 Å². The Bertz CT molecular complexity index is 699. The number of hydrogen-bond donors (Lipinski definition) is 1. The number of carbonyl (C=O) groups excluding carboxylic acids is 1. The van der Waals surface area contributed by atoms with Gasteiger partial charge in [-0.1, -0.05) is 52.5 Å². The molecule has 0 saturated heterocycles. The number of rotatable bonds is 5. The average Bonchev–Trinajstić information content (AvgIpc) is 2.54. The van der Waals surface area contributed by atoms with Gasteiger partial charge < -0.3 is 14.8 Å². The number of aryl methyl sites for hydroxylation is 1. The van der Waals surface area contributed by atoms with Gasteiger partial charge in [0.25, 0.3) is 5.91 Å². The topological polar surface area (TPSA) is 47.6 Å². The third-order valence-electron chi connectivity index (χ3n) is 3.15. The largest absolute Gasteiger partial charge is 0.497 e. The molecule has 7 heteroatoms. The Hall–Kier alpha value is -1.62. The summed E-state index contributed by atoms with van der Waals surface area (Å²) in [7, 11) is 1.56. The molecule has 2 aromatic carbocycles. The van der Waals surface area contributed by atoms with Crippen LogP contribution < -0.4 is 14.8 Å². The highest BCUT2D eigenvalue weighted by atomic mass is 35.6. The molecule has 0 aliphatic carbocycles. The summed E-state index contributed by atoms with van der Waals surface area (Å²) in [6.45, 7) is 1.89. The fraction of sp³-hybridized carbons (Fsp3) is 0.235. The number of benzene rings is 2. The van der Waals surface area contributed by atoms with Crippen LogP contribution in [0.3, 0.4) is 0 Å². The standard InChI is InChI=1S/C17H16Cl3NO3/c1-11-4-3-5-12(10-11)15(22)21-16(17(18,19)20)24-14-8-6-13(23-2)7-9-14/h3-10,16H,1-2H3,(H,21,22)/t16-/m0/s1. The second-order valence-corrected chi connectivity index (χ2v) is 7.43. The average molecular weight is 389 g/mol. The maximum absolute atomic E-state index is 12.4. The van der Waals surface area contributed by atoms with Crippen molar-refractivity contribution >= 4 is 40.7 Å². The number of ether oxygens (including phenoxy) is 2. The van der Waals surface area contributed by atoms with E-state index in [9.17, 15) is 4.79 Å². The maximum Gasteiger partial charge on any atom is 0.254 e. The van der Waals surface area contributed by atoms with Crippen molar-refractivity contribution in [2.45, 2.75) is 16.9 Å². The number of carbonyl (C=O) groups is 1. The molecule has 0 radical (unpaired) electrons. The first-order valence-electron chi connectivity index (χ1n) is 7.04. The fourth-order valence-electron chi connectivity index (χ4n) is 1.96. The van der Waals surface area contributed by atoms with Crippen LogP contribution in [0.1, 0.15) is 15.9 Å². The number of hydrogen-bond acceptors (Lipinski definition) is 3. The van der Waals surface area contributed by atoms with E-state index in [0.717, 1.165) is 5.56 Å². The van der Waals surface area contributed by atoms with Gasteiger partial charge in [-0.05, 0) is 43.3 Å². The predicted octanol–water partition coefficient (Wildman–Crippen LogP) is 4.51. The van der Waals surface area contributed by atoms with E-state index in [-0.39, 0.29) is 0 Å². The Balaban J connectivity index is 2.14. The smallest absolute Gasteiger partial charge is 0.254 e. The zero-order valence-electron chi connectivity index (χ0n) is 13.1. The van der Waals surface area contributed by atoms with Gasteiger partial charge in [0.05, 0.1) is 7.11 Å². The van der Waals surface area contributed by atoms with Crippen LogP contribution >= 0.6 is 34.8 Å². The molecule has 1 atom stereocenters. The summed E-state index contributed by atoms with van der Waals surface area (Å²) in [5.74, 6) is 0.691. The molecule has 1 amide bonds. The minimum absolute atomic E-state index is 0.400. The maximum atomic E-state index is 12.4. The lowest BCUT2D eigenvalue weighted by molar-refractivity contribution is 0.0833. The van der Waals surface area contributed by atoms with E-state index < -0.39 is 15.9 Å². The van der Waals surface area contributed by atoms with Gasteiger partial charge in [-0.3, -0.25) is 4.79 Å². The van der Waals surface area contributed by atoms with Crippen LogP contribution in [-0.2, 0) is 0 Å². The van der Waals surface area contributed by atoms with Gasteiger partial charge >= 0.3 is 0 Å². The number of halogens is 3. The molecule has 0 saturated carbocycles. The molecule has 128 valence electrons. The summed E-state index contributed by atoms with van der Waals surface area (Å²) >= 11 is 17.8. The molecule has 0 heterocycles. The second-order valence-electron chi connectivity index (χ2n) is 5.06. The van der Waals surface area contributed by atoms with Gasteiger partial charge in [-0.25, -0.2) is 0 Å². The normalized spacial score (nSPS) is 12.4. The van der Waals surface area contributed by atoms with Crippen molar-refractivity contribution in [3.8, 4) is 11.5 Å². The van der Waals surface area contributed by atoms with Crippen LogP contribution in [0.4, 0.5) is 0 Å². The van der Waals surface area contributed by atoms with Gasteiger partial charge in [0.1, 0.15) is 11.5 Å². The summed E-state index contributed by atoms with van der Waals surface area (Å²) in [6, 6.07) is 13.8. The van der Waals surface area contributed by atoms with Crippen LogP contribution in [0.25, 0.3) is 0 Å². The van der Waals surface area contributed by atoms with Crippen molar-refractivity contribution < 1.29 is 14.3 Å². The van der Waals surface area contributed by atoms with Crippen LogP contribution in [0.5, 0.6) is 11.5 Å². The summed E-state index contributed by atoms with van der Waals surface area (Å²) in [4.78, 5) is 12.4. The van der Waals surface area contributed by atoms with Crippen molar-refractivity contribution in [3.63, 3.8) is 0 Å². The number of alkyl halides is 3. The monoisotopic (exact) mass is 387 g/mol. The Kier molecular flexibility index (Phi) is 6.21. The van der Waals surface area contributed by atoms with E-state index in [1.165, 1.54) is 0 Å². The molecule has 0 bridgehead atoms. The van der Waals surface area contributed by atoms with Crippen molar-refractivity contribution in [2.24, 2.45) is 0 Å². The van der Waals surface area contributed by atoms with Crippen molar-refractivity contribution in [1.29, 1.82) is 0 Å². The highest BCUT2D eigenvalue weighted by Gasteiger charge is 2.36. The number of nitrogens with one attached hydrogen (secondary N) is 1. The van der Waals surface area contributed by atoms with Crippen LogP contribution in [0.15, 0.2) is 48.5 Å². The summed E-state index contributed by atoms with van der Waals surface area (Å²) in [6.07, 6.45) is -1.16. The van der Waals surface area contributed by atoms with Crippen LogP contribution in [-0.4, -0.2) is 23.0 Å². The first-order valence-corrected chi connectivity index (χ1v) is 8.18. The van der Waals surface area contributed by atoms with E-state index in [0.29, 0.717) is 17.1 Å². The van der Waals surface area contributed by atoms with Crippen molar-refractivity contribution in [1.82, 2.24) is 5.32 Å². The van der Waals surface area contributed by atoms with Crippen molar-refractivity contribution in [3.05, 3.63) is 59.7 Å². The number of methoxy groups -OCH3 is 1. The van der Waals surface area contributed by atoms with Gasteiger partial charge in [-0.2, -0.15) is 0 Å². The first-order chi connectivity index (χ1) is 11.3.